The molecule has 1 fully saturated rings. The van der Waals surface area contributed by atoms with Crippen molar-refractivity contribution in [2.75, 3.05) is 25.4 Å². The number of nitrogens with zero attached hydrogens (tertiary/aromatic N) is 3. The Balaban J connectivity index is 1.59. The lowest BCUT2D eigenvalue weighted by Gasteiger charge is -2.23. The number of hydrogen-bond acceptors (Lipinski definition) is 3. The minimum absolute atomic E-state index is 0.0541. The Morgan fingerprint density at radius 1 is 1.12 bits per heavy atom. The van der Waals surface area contributed by atoms with Gasteiger partial charge in [-0.1, -0.05) is 29.8 Å². The summed E-state index contributed by atoms with van der Waals surface area (Å²) < 4.78 is 42.0. The van der Waals surface area contributed by atoms with Crippen LogP contribution in [0.5, 0.6) is 0 Å². The van der Waals surface area contributed by atoms with Crippen LogP contribution in [0.4, 0.5) is 18.9 Å². The van der Waals surface area contributed by atoms with E-state index in [1.807, 2.05) is 28.8 Å². The van der Waals surface area contributed by atoms with Gasteiger partial charge in [0.15, 0.2) is 0 Å². The van der Waals surface area contributed by atoms with Gasteiger partial charge in [0.05, 0.1) is 33.1 Å². The van der Waals surface area contributed by atoms with E-state index in [-0.39, 0.29) is 11.4 Å². The van der Waals surface area contributed by atoms with Gasteiger partial charge >= 0.3 is 6.18 Å². The van der Waals surface area contributed by atoms with Crippen molar-refractivity contribution in [1.29, 1.82) is 0 Å². The highest BCUT2D eigenvalue weighted by Crippen LogP contribution is 2.39. The topological polar surface area (TPSA) is 70.9 Å². The second-order valence-corrected chi connectivity index (χ2v) is 8.71. The Bertz CT molecular complexity index is 1090. The molecule has 32 heavy (non-hydrogen) atoms. The third-order valence-corrected chi connectivity index (χ3v) is 6.30. The van der Waals surface area contributed by atoms with Crippen LogP contribution in [0.1, 0.15) is 42.3 Å². The maximum Gasteiger partial charge on any atom is 0.418 e. The predicted octanol–water partition coefficient (Wildman–Crippen LogP) is 6.11. The summed E-state index contributed by atoms with van der Waals surface area (Å²) in [6.07, 6.45) is -1.16. The number of likely N-dealkylation sites (tertiary alicyclic amines) is 1. The first-order valence-corrected chi connectivity index (χ1v) is 11.2. The van der Waals surface area contributed by atoms with Crippen LogP contribution in [-0.2, 0) is 19.1 Å². The zero-order chi connectivity index (χ0) is 22.9. The van der Waals surface area contributed by atoms with Crippen molar-refractivity contribution in [3.05, 3.63) is 64.1 Å². The number of aryl methyl sites for hydroxylation is 1. The van der Waals surface area contributed by atoms with Crippen molar-refractivity contribution < 1.29 is 13.2 Å². The number of para-hydroxylation sites is 2. The SMILES string of the molecule is [NH-]C(Cc1cc(Cl)c(N)c(C(F)(F)F)c1)c1nc2ccccc2n1CCCN1CCCC1. The zero-order valence-electron chi connectivity index (χ0n) is 17.6. The van der Waals surface area contributed by atoms with Gasteiger partial charge in [0.1, 0.15) is 0 Å². The van der Waals surface area contributed by atoms with Crippen LogP contribution in [0.3, 0.4) is 0 Å². The van der Waals surface area contributed by atoms with E-state index in [4.69, 9.17) is 23.1 Å². The van der Waals surface area contributed by atoms with Crippen LogP contribution in [-0.4, -0.2) is 34.1 Å². The van der Waals surface area contributed by atoms with Gasteiger partial charge in [-0.15, -0.1) is 0 Å². The second kappa shape index (κ2) is 9.29. The molecule has 3 N–H and O–H groups in total. The van der Waals surface area contributed by atoms with Crippen LogP contribution >= 0.6 is 11.6 Å². The molecule has 1 aromatic heterocycles. The van der Waals surface area contributed by atoms with E-state index in [1.165, 1.54) is 18.9 Å². The molecule has 2 heterocycles. The minimum Gasteiger partial charge on any atom is -0.668 e. The van der Waals surface area contributed by atoms with Crippen molar-refractivity contribution in [1.82, 2.24) is 14.5 Å². The highest BCUT2D eigenvalue weighted by atomic mass is 35.5. The summed E-state index contributed by atoms with van der Waals surface area (Å²) in [5.41, 5.74) is 14.8. The number of imidazole rings is 1. The molecule has 1 atom stereocenters. The average molecular weight is 465 g/mol. The summed E-state index contributed by atoms with van der Waals surface area (Å²) in [6, 6.07) is 9.24. The van der Waals surface area contributed by atoms with Crippen molar-refractivity contribution >= 4 is 28.3 Å². The Morgan fingerprint density at radius 3 is 2.56 bits per heavy atom. The smallest absolute Gasteiger partial charge is 0.418 e. The van der Waals surface area contributed by atoms with Gasteiger partial charge in [-0.25, -0.2) is 4.98 Å². The number of alkyl halides is 3. The molecule has 0 saturated carbocycles. The maximum absolute atomic E-state index is 13.3. The Morgan fingerprint density at radius 2 is 1.84 bits per heavy atom. The first-order valence-electron chi connectivity index (χ1n) is 10.8. The maximum atomic E-state index is 13.3. The number of rotatable bonds is 7. The molecule has 4 rings (SSSR count). The van der Waals surface area contributed by atoms with Gasteiger partial charge in [0, 0.05) is 6.54 Å². The van der Waals surface area contributed by atoms with Crippen LogP contribution in [0.2, 0.25) is 5.02 Å². The molecule has 0 radical (unpaired) electrons. The van der Waals surface area contributed by atoms with Gasteiger partial charge in [0.25, 0.3) is 0 Å². The van der Waals surface area contributed by atoms with Crippen molar-refractivity contribution in [3.8, 4) is 0 Å². The molecule has 5 nitrogen and oxygen atoms in total. The molecule has 172 valence electrons. The first kappa shape index (κ1) is 22.9. The number of nitrogens with one attached hydrogen (secondary N) is 1. The lowest BCUT2D eigenvalue weighted by molar-refractivity contribution is -0.136. The number of nitrogens with two attached hydrogens (primary N) is 1. The van der Waals surface area contributed by atoms with E-state index < -0.39 is 23.5 Å². The molecule has 0 bridgehead atoms. The van der Waals surface area contributed by atoms with Gasteiger partial charge < -0.3 is 20.9 Å². The largest absolute Gasteiger partial charge is 0.668 e. The monoisotopic (exact) mass is 464 g/mol. The molecule has 1 aliphatic rings. The van der Waals surface area contributed by atoms with Gasteiger partial charge in [-0.3, -0.25) is 0 Å². The summed E-state index contributed by atoms with van der Waals surface area (Å²) in [7, 11) is 0. The molecule has 2 aromatic carbocycles. The van der Waals surface area contributed by atoms with Crippen LogP contribution in [0.25, 0.3) is 16.8 Å². The quantitative estimate of drug-likeness (QED) is 0.428. The molecule has 0 amide bonds. The molecule has 1 saturated heterocycles. The molecule has 3 aromatic rings. The number of fused-ring (bicyclic) bond motifs is 1. The normalized spacial score (nSPS) is 16.2. The van der Waals surface area contributed by atoms with E-state index in [0.717, 1.165) is 43.2 Å². The van der Waals surface area contributed by atoms with E-state index in [9.17, 15) is 13.2 Å². The Hall–Kier alpha value is -2.29. The van der Waals surface area contributed by atoms with E-state index in [0.29, 0.717) is 17.9 Å². The fourth-order valence-electron chi connectivity index (χ4n) is 4.41. The second-order valence-electron chi connectivity index (χ2n) is 8.31. The van der Waals surface area contributed by atoms with E-state index in [2.05, 4.69) is 9.88 Å². The number of nitrogen functional groups attached to an aromatic ring is 1. The number of aromatic nitrogens is 2. The number of halogens is 4. The van der Waals surface area contributed by atoms with Crippen molar-refractivity contribution in [2.45, 2.75) is 44.4 Å². The van der Waals surface area contributed by atoms with E-state index >= 15 is 0 Å². The van der Waals surface area contributed by atoms with Crippen LogP contribution in [0, 0.1) is 0 Å². The molecular weight excluding hydrogens is 439 g/mol. The van der Waals surface area contributed by atoms with Gasteiger partial charge in [0.2, 0.25) is 0 Å². The summed E-state index contributed by atoms with van der Waals surface area (Å²) in [6.45, 7) is 3.94. The summed E-state index contributed by atoms with van der Waals surface area (Å²) in [4.78, 5) is 7.09. The third-order valence-electron chi connectivity index (χ3n) is 5.99. The number of hydrogen-bond donors (Lipinski definition) is 1. The standard InChI is InChI=1S/C23H26ClF3N5/c24-17-13-15(12-16(21(17)29)23(25,26)27)14-18(28)22-30-19-6-1-2-7-20(19)32(22)11-5-10-31-8-3-4-9-31/h1-2,6-7,12-13,18,28H,3-5,8-11,14,29H2/q-1. The summed E-state index contributed by atoms with van der Waals surface area (Å²) in [5, 5.41) is -0.152. The van der Waals surface area contributed by atoms with E-state index in [1.54, 1.807) is 0 Å². The van der Waals surface area contributed by atoms with Crippen LogP contribution < -0.4 is 5.73 Å². The van der Waals surface area contributed by atoms with Crippen molar-refractivity contribution in [2.24, 2.45) is 0 Å². The first-order chi connectivity index (χ1) is 15.2. The van der Waals surface area contributed by atoms with Crippen molar-refractivity contribution in [3.63, 3.8) is 0 Å². The highest BCUT2D eigenvalue weighted by molar-refractivity contribution is 6.33. The molecule has 0 aliphatic carbocycles. The lowest BCUT2D eigenvalue weighted by Crippen LogP contribution is -2.22. The lowest BCUT2D eigenvalue weighted by atomic mass is 10.0. The predicted molar refractivity (Wildman–Crippen MR) is 122 cm³/mol. The highest BCUT2D eigenvalue weighted by Gasteiger charge is 2.34. The summed E-state index contributed by atoms with van der Waals surface area (Å²) >= 11 is 5.97. The molecule has 1 unspecified atom stereocenters. The molecule has 1 aliphatic heterocycles. The Labute approximate surface area is 190 Å². The fourth-order valence-corrected chi connectivity index (χ4v) is 4.65. The summed E-state index contributed by atoms with van der Waals surface area (Å²) in [5.74, 6) is 0.550. The van der Waals surface area contributed by atoms with Gasteiger partial charge in [-0.05, 0) is 75.1 Å². The molecular formula is C23H26ClF3N5-. The third kappa shape index (κ3) is 4.87. The number of benzene rings is 2. The number of anilines is 1. The molecule has 0 spiro atoms. The zero-order valence-corrected chi connectivity index (χ0v) is 18.4. The van der Waals surface area contributed by atoms with Gasteiger partial charge in [-0.2, -0.15) is 13.2 Å². The fraction of sp³-hybridized carbons (Fsp3) is 0.435. The Kier molecular flexibility index (Phi) is 6.65. The molecule has 9 heteroatoms. The van der Waals surface area contributed by atoms with Crippen LogP contribution in [0.15, 0.2) is 36.4 Å². The minimum atomic E-state index is -4.61. The average Bonchev–Trinajstić information content (AvgIpc) is 3.38.